The number of nitrogens with zero attached hydrogens (tertiary/aromatic N) is 2. The lowest BCUT2D eigenvalue weighted by molar-refractivity contribution is 0.0444. The van der Waals surface area contributed by atoms with E-state index >= 15 is 0 Å². The van der Waals surface area contributed by atoms with Crippen LogP contribution in [0.15, 0.2) is 42.5 Å². The number of ether oxygens (including phenoxy) is 1. The smallest absolute Gasteiger partial charge is 0.120 e. The van der Waals surface area contributed by atoms with Gasteiger partial charge in [-0.25, -0.2) is 0 Å². The van der Waals surface area contributed by atoms with E-state index in [4.69, 9.17) is 16.3 Å². The summed E-state index contributed by atoms with van der Waals surface area (Å²) in [6.07, 6.45) is 0. The summed E-state index contributed by atoms with van der Waals surface area (Å²) in [6, 6.07) is 14.3. The fourth-order valence-electron chi connectivity index (χ4n) is 5.24. The molecule has 152 valence electrons. The molecule has 0 unspecified atom stereocenters. The van der Waals surface area contributed by atoms with E-state index in [0.717, 1.165) is 42.5 Å². The molecule has 2 aliphatic rings. The number of hydrogen-bond donors (Lipinski definition) is 2. The number of methoxy groups -OCH3 is 1. The summed E-state index contributed by atoms with van der Waals surface area (Å²) in [6.45, 7) is 3.77. The number of aromatic nitrogens is 1. The van der Waals surface area contributed by atoms with Crippen LogP contribution in [0, 0.1) is 0 Å². The molecular weight excluding hydrogens is 386 g/mol. The number of hydrogen-bond acceptors (Lipinski definition) is 4. The summed E-state index contributed by atoms with van der Waals surface area (Å²) in [7, 11) is 3.78. The third kappa shape index (κ3) is 2.88. The molecule has 1 spiro atoms. The minimum Gasteiger partial charge on any atom is -0.497 e. The molecule has 2 aliphatic heterocycles. The second-order valence-electron chi connectivity index (χ2n) is 8.34. The van der Waals surface area contributed by atoms with Crippen LogP contribution in [-0.2, 0) is 19.0 Å². The first kappa shape index (κ1) is 18.9. The Balaban J connectivity index is 1.53. The molecule has 3 aromatic rings. The molecule has 1 atom stereocenters. The fourth-order valence-corrected chi connectivity index (χ4v) is 5.44. The molecule has 0 aliphatic carbocycles. The van der Waals surface area contributed by atoms with Gasteiger partial charge in [0.15, 0.2) is 0 Å². The molecule has 5 nitrogen and oxygen atoms in total. The van der Waals surface area contributed by atoms with Crippen molar-refractivity contribution in [1.82, 2.24) is 14.8 Å². The van der Waals surface area contributed by atoms with E-state index in [9.17, 15) is 5.11 Å². The number of nitrogens with one attached hydrogen (secondary N) is 1. The van der Waals surface area contributed by atoms with Crippen LogP contribution in [0.2, 0.25) is 5.02 Å². The largest absolute Gasteiger partial charge is 0.497 e. The molecule has 3 heterocycles. The predicted octanol–water partition coefficient (Wildman–Crippen LogP) is 3.23. The van der Waals surface area contributed by atoms with Crippen molar-refractivity contribution in [2.24, 2.45) is 7.05 Å². The first-order valence-electron chi connectivity index (χ1n) is 10.0. The van der Waals surface area contributed by atoms with Gasteiger partial charge >= 0.3 is 0 Å². The second kappa shape index (κ2) is 7.03. The number of halogens is 1. The highest BCUT2D eigenvalue weighted by atomic mass is 35.5. The van der Waals surface area contributed by atoms with Crippen LogP contribution in [0.5, 0.6) is 5.75 Å². The van der Waals surface area contributed by atoms with Gasteiger partial charge in [0.05, 0.1) is 25.3 Å². The average molecular weight is 412 g/mol. The van der Waals surface area contributed by atoms with Crippen molar-refractivity contribution < 1.29 is 9.84 Å². The van der Waals surface area contributed by atoms with Crippen molar-refractivity contribution in [2.45, 2.75) is 18.0 Å². The maximum atomic E-state index is 10.0. The molecule has 29 heavy (non-hydrogen) atoms. The molecule has 0 amide bonds. The fraction of sp³-hybridized carbons (Fsp3) is 0.391. The van der Waals surface area contributed by atoms with Crippen LogP contribution in [-0.4, -0.2) is 47.9 Å². The monoisotopic (exact) mass is 411 g/mol. The van der Waals surface area contributed by atoms with Gasteiger partial charge in [0, 0.05) is 60.8 Å². The molecule has 2 aromatic carbocycles. The zero-order valence-corrected chi connectivity index (χ0v) is 17.5. The summed E-state index contributed by atoms with van der Waals surface area (Å²) >= 11 is 6.37. The Morgan fingerprint density at radius 2 is 2.03 bits per heavy atom. The lowest BCUT2D eigenvalue weighted by Gasteiger charge is -2.54. The van der Waals surface area contributed by atoms with Crippen molar-refractivity contribution in [1.29, 1.82) is 0 Å². The number of rotatable bonds is 4. The van der Waals surface area contributed by atoms with Crippen LogP contribution in [0.3, 0.4) is 0 Å². The molecule has 1 fully saturated rings. The van der Waals surface area contributed by atoms with E-state index in [2.05, 4.69) is 40.0 Å². The maximum absolute atomic E-state index is 10.0. The van der Waals surface area contributed by atoms with Crippen molar-refractivity contribution in [3.63, 3.8) is 0 Å². The Bertz CT molecular complexity index is 1070. The minimum absolute atomic E-state index is 0.0448. The van der Waals surface area contributed by atoms with Crippen LogP contribution in [0.1, 0.15) is 22.9 Å². The molecule has 1 saturated heterocycles. The van der Waals surface area contributed by atoms with Crippen molar-refractivity contribution >= 4 is 22.5 Å². The molecule has 0 saturated carbocycles. The lowest BCUT2D eigenvalue weighted by Crippen LogP contribution is -2.65. The van der Waals surface area contributed by atoms with E-state index in [1.807, 2.05) is 24.3 Å². The Morgan fingerprint density at radius 3 is 2.76 bits per heavy atom. The van der Waals surface area contributed by atoms with Crippen LogP contribution in [0.4, 0.5) is 0 Å². The van der Waals surface area contributed by atoms with E-state index in [1.165, 1.54) is 22.2 Å². The van der Waals surface area contributed by atoms with Gasteiger partial charge in [-0.05, 0) is 29.3 Å². The molecule has 0 radical (unpaired) electrons. The van der Waals surface area contributed by atoms with Gasteiger partial charge in [-0.3, -0.25) is 4.90 Å². The molecule has 1 aromatic heterocycles. The highest BCUT2D eigenvalue weighted by molar-refractivity contribution is 6.31. The first-order valence-corrected chi connectivity index (χ1v) is 10.4. The Hall–Kier alpha value is -2.05. The summed E-state index contributed by atoms with van der Waals surface area (Å²) in [5.74, 6) is 0.854. The minimum atomic E-state index is -0.0448. The number of benzene rings is 2. The van der Waals surface area contributed by atoms with Gasteiger partial charge < -0.3 is 19.7 Å². The normalized spacial score (nSPS) is 20.6. The third-order valence-corrected chi connectivity index (χ3v) is 6.96. The Morgan fingerprint density at radius 1 is 1.24 bits per heavy atom. The highest BCUT2D eigenvalue weighted by Crippen LogP contribution is 2.47. The summed E-state index contributed by atoms with van der Waals surface area (Å²) in [5.41, 5.74) is 4.95. The summed E-state index contributed by atoms with van der Waals surface area (Å²) in [5, 5.41) is 15.7. The molecule has 5 rings (SSSR count). The van der Waals surface area contributed by atoms with Gasteiger partial charge in [0.2, 0.25) is 0 Å². The molecule has 0 bridgehead atoms. The van der Waals surface area contributed by atoms with Crippen LogP contribution in [0.25, 0.3) is 10.9 Å². The SMILES string of the molecule is COc1ccc2c3c(n(C)c2c1)[C@H](CO)NCC31CN(Cc2ccccc2Cl)C1. The van der Waals surface area contributed by atoms with Gasteiger partial charge in [0.1, 0.15) is 5.75 Å². The maximum Gasteiger partial charge on any atom is 0.120 e. The summed E-state index contributed by atoms with van der Waals surface area (Å²) in [4.78, 5) is 2.45. The summed E-state index contributed by atoms with van der Waals surface area (Å²) < 4.78 is 7.67. The number of fused-ring (bicyclic) bond motifs is 4. The standard InChI is InChI=1S/C23H26ClN3O2/c1-26-20-9-16(29-2)7-8-17(20)21-22(26)19(11-28)25-12-23(21)13-27(14-23)10-15-5-3-4-6-18(15)24/h3-9,19,25,28H,10-14H2,1-2H3/t19-/m0/s1. The van der Waals surface area contributed by atoms with Crippen molar-refractivity contribution in [3.8, 4) is 5.75 Å². The topological polar surface area (TPSA) is 49.7 Å². The number of likely N-dealkylation sites (tertiary alicyclic amines) is 1. The van der Waals surface area contributed by atoms with Crippen LogP contribution < -0.4 is 10.1 Å². The van der Waals surface area contributed by atoms with Crippen molar-refractivity contribution in [3.05, 3.63) is 64.3 Å². The van der Waals surface area contributed by atoms with E-state index in [0.29, 0.717) is 0 Å². The predicted molar refractivity (Wildman–Crippen MR) is 116 cm³/mol. The van der Waals surface area contributed by atoms with Crippen molar-refractivity contribution in [2.75, 3.05) is 33.4 Å². The third-order valence-electron chi connectivity index (χ3n) is 6.59. The number of aliphatic hydroxyl groups excluding tert-OH is 1. The van der Waals surface area contributed by atoms with Gasteiger partial charge in [0.25, 0.3) is 0 Å². The zero-order valence-electron chi connectivity index (χ0n) is 16.8. The Labute approximate surface area is 175 Å². The average Bonchev–Trinajstić information content (AvgIpc) is 3.01. The first-order chi connectivity index (χ1) is 14.1. The van der Waals surface area contributed by atoms with E-state index in [-0.39, 0.29) is 18.1 Å². The Kier molecular flexibility index (Phi) is 4.59. The van der Waals surface area contributed by atoms with Gasteiger partial charge in [-0.15, -0.1) is 0 Å². The van der Waals surface area contributed by atoms with Crippen LogP contribution >= 0.6 is 11.6 Å². The number of aryl methyl sites for hydroxylation is 1. The molecule has 6 heteroatoms. The van der Waals surface area contributed by atoms with Gasteiger partial charge in [-0.2, -0.15) is 0 Å². The quantitative estimate of drug-likeness (QED) is 0.692. The lowest BCUT2D eigenvalue weighted by atomic mass is 9.69. The zero-order chi connectivity index (χ0) is 20.2. The second-order valence-corrected chi connectivity index (χ2v) is 8.74. The van der Waals surface area contributed by atoms with E-state index < -0.39 is 0 Å². The molecule has 2 N–H and O–H groups in total. The molecular formula is C23H26ClN3O2. The highest BCUT2D eigenvalue weighted by Gasteiger charge is 2.50. The van der Waals surface area contributed by atoms with E-state index in [1.54, 1.807) is 7.11 Å². The van der Waals surface area contributed by atoms with Gasteiger partial charge in [-0.1, -0.05) is 29.8 Å². The number of aliphatic hydroxyl groups is 1.